The number of imide groups is 2. The zero-order valence-electron chi connectivity index (χ0n) is 14.1. The molecule has 1 atom stereocenters. The Morgan fingerprint density at radius 3 is 2.17 bits per heavy atom. The molecule has 1 unspecified atom stereocenters. The number of hydrogen-bond acceptors (Lipinski definition) is 3. The topological polar surface area (TPSA) is 57.7 Å². The van der Waals surface area contributed by atoms with Gasteiger partial charge in [-0.1, -0.05) is 50.9 Å². The second-order valence-electron chi connectivity index (χ2n) is 6.89. The van der Waals surface area contributed by atoms with Crippen LogP contribution in [-0.4, -0.2) is 29.3 Å². The summed E-state index contributed by atoms with van der Waals surface area (Å²) in [7, 11) is 0. The smallest absolute Gasteiger partial charge is 0.274 e. The third kappa shape index (κ3) is 3.57. The average molecular weight is 371 g/mol. The van der Waals surface area contributed by atoms with Gasteiger partial charge in [0.1, 0.15) is 6.54 Å². The van der Waals surface area contributed by atoms with Crippen LogP contribution in [0.1, 0.15) is 34.1 Å². The molecule has 0 saturated carbocycles. The summed E-state index contributed by atoms with van der Waals surface area (Å²) in [4.78, 5) is 39.7. The number of benzene rings is 1. The van der Waals surface area contributed by atoms with Gasteiger partial charge in [-0.05, 0) is 30.0 Å². The number of carbonyl (C=O) groups is 3. The highest BCUT2D eigenvalue weighted by atomic mass is 35.5. The molecule has 1 aromatic carbocycles. The minimum atomic E-state index is -0.661. The molecule has 1 saturated heterocycles. The van der Waals surface area contributed by atoms with Crippen molar-refractivity contribution in [1.29, 1.82) is 0 Å². The minimum absolute atomic E-state index is 0.265. The molecule has 7 heteroatoms. The molecular weight excluding hydrogens is 351 g/mol. The molecule has 1 fully saturated rings. The van der Waals surface area contributed by atoms with Gasteiger partial charge in [0.15, 0.2) is 0 Å². The highest BCUT2D eigenvalue weighted by Gasteiger charge is 2.44. The molecule has 1 heterocycles. The van der Waals surface area contributed by atoms with Crippen molar-refractivity contribution in [2.24, 2.45) is 11.3 Å². The number of hydrogen-bond donors (Lipinski definition) is 0. The Kier molecular flexibility index (Phi) is 5.25. The molecular formula is C17H20Cl2N2O3. The maximum Gasteiger partial charge on any atom is 0.338 e. The van der Waals surface area contributed by atoms with E-state index in [0.29, 0.717) is 16.5 Å². The molecule has 0 aromatic heterocycles. The van der Waals surface area contributed by atoms with Gasteiger partial charge in [0.05, 0.1) is 5.69 Å². The highest BCUT2D eigenvalue weighted by molar-refractivity contribution is 6.35. The molecule has 0 radical (unpaired) electrons. The summed E-state index contributed by atoms with van der Waals surface area (Å²) in [6.45, 7) is 7.45. The van der Waals surface area contributed by atoms with E-state index in [-0.39, 0.29) is 29.5 Å². The molecule has 5 nitrogen and oxygen atoms in total. The SMILES string of the molecule is CCC(C(=O)N1CC(=O)N(c2cc(Cl)cc(Cl)c2)C1=O)C(C)(C)C. The van der Waals surface area contributed by atoms with E-state index in [1.165, 1.54) is 18.2 Å². The Balaban J connectivity index is 2.33. The number of anilines is 1. The van der Waals surface area contributed by atoms with Crippen molar-refractivity contribution >= 4 is 46.7 Å². The van der Waals surface area contributed by atoms with Crippen LogP contribution in [0.4, 0.5) is 10.5 Å². The zero-order chi connectivity index (χ0) is 18.2. The van der Waals surface area contributed by atoms with Crippen LogP contribution < -0.4 is 4.90 Å². The fourth-order valence-corrected chi connectivity index (χ4v) is 3.46. The lowest BCUT2D eigenvalue weighted by atomic mass is 9.78. The second kappa shape index (κ2) is 6.73. The summed E-state index contributed by atoms with van der Waals surface area (Å²) in [6.07, 6.45) is 0.587. The van der Waals surface area contributed by atoms with Gasteiger partial charge in [-0.3, -0.25) is 14.5 Å². The second-order valence-corrected chi connectivity index (χ2v) is 7.76. The number of nitrogens with zero attached hydrogens (tertiary/aromatic N) is 2. The highest BCUT2D eigenvalue weighted by Crippen LogP contribution is 2.33. The van der Waals surface area contributed by atoms with Crippen molar-refractivity contribution in [3.63, 3.8) is 0 Å². The van der Waals surface area contributed by atoms with Crippen molar-refractivity contribution in [2.75, 3.05) is 11.4 Å². The third-order valence-electron chi connectivity index (χ3n) is 4.09. The van der Waals surface area contributed by atoms with Crippen LogP contribution in [-0.2, 0) is 9.59 Å². The molecule has 0 N–H and O–H groups in total. The first-order valence-corrected chi connectivity index (χ1v) is 8.46. The zero-order valence-corrected chi connectivity index (χ0v) is 15.6. The molecule has 0 aliphatic carbocycles. The summed E-state index contributed by atoms with van der Waals surface area (Å²) in [5.74, 6) is -1.16. The molecule has 2 rings (SSSR count). The Morgan fingerprint density at radius 2 is 1.71 bits per heavy atom. The van der Waals surface area contributed by atoms with Crippen LogP contribution in [0.2, 0.25) is 10.0 Å². The predicted octanol–water partition coefficient (Wildman–Crippen LogP) is 4.36. The van der Waals surface area contributed by atoms with E-state index in [0.717, 1.165) is 9.80 Å². The first-order valence-electron chi connectivity index (χ1n) is 7.70. The monoisotopic (exact) mass is 370 g/mol. The van der Waals surface area contributed by atoms with Crippen LogP contribution >= 0.6 is 23.2 Å². The van der Waals surface area contributed by atoms with Crippen LogP contribution in [0.5, 0.6) is 0 Å². The van der Waals surface area contributed by atoms with Crippen LogP contribution in [0.15, 0.2) is 18.2 Å². The fourth-order valence-electron chi connectivity index (χ4n) is 2.94. The maximum atomic E-state index is 12.8. The van der Waals surface area contributed by atoms with Crippen molar-refractivity contribution < 1.29 is 14.4 Å². The van der Waals surface area contributed by atoms with Crippen LogP contribution in [0.25, 0.3) is 0 Å². The number of carbonyl (C=O) groups excluding carboxylic acids is 3. The van der Waals surface area contributed by atoms with Crippen molar-refractivity contribution in [1.82, 2.24) is 4.90 Å². The number of urea groups is 1. The number of rotatable bonds is 3. The summed E-state index contributed by atoms with van der Waals surface area (Å²) in [6, 6.07) is 3.79. The van der Waals surface area contributed by atoms with Gasteiger partial charge >= 0.3 is 6.03 Å². The Bertz CT molecular complexity index is 677. The van der Waals surface area contributed by atoms with E-state index in [2.05, 4.69) is 0 Å². The van der Waals surface area contributed by atoms with Crippen molar-refractivity contribution in [3.05, 3.63) is 28.2 Å². The summed E-state index contributed by atoms with van der Waals surface area (Å²) in [5, 5.41) is 0.619. The average Bonchev–Trinajstić information content (AvgIpc) is 2.71. The largest absolute Gasteiger partial charge is 0.338 e. The minimum Gasteiger partial charge on any atom is -0.274 e. The van der Waals surface area contributed by atoms with E-state index in [1.54, 1.807) is 0 Å². The van der Waals surface area contributed by atoms with Crippen molar-refractivity contribution in [2.45, 2.75) is 34.1 Å². The molecule has 24 heavy (non-hydrogen) atoms. The van der Waals surface area contributed by atoms with E-state index in [4.69, 9.17) is 23.2 Å². The summed E-state index contributed by atoms with van der Waals surface area (Å²) in [5.41, 5.74) is -0.0382. The normalized spacial score (nSPS) is 16.8. The molecule has 130 valence electrons. The molecule has 0 spiro atoms. The molecule has 1 aromatic rings. The Hall–Kier alpha value is -1.59. The van der Waals surface area contributed by atoms with Gasteiger partial charge in [0, 0.05) is 16.0 Å². The standard InChI is InChI=1S/C17H20Cl2N2O3/c1-5-13(17(2,3)4)15(23)20-9-14(22)21(16(20)24)12-7-10(18)6-11(19)8-12/h6-8,13H,5,9H2,1-4H3. The molecule has 1 aliphatic heterocycles. The van der Waals surface area contributed by atoms with Gasteiger partial charge < -0.3 is 0 Å². The van der Waals surface area contributed by atoms with Crippen LogP contribution in [0, 0.1) is 11.3 Å². The number of halogens is 2. The lowest BCUT2D eigenvalue weighted by molar-refractivity contribution is -0.136. The van der Waals surface area contributed by atoms with E-state index in [9.17, 15) is 14.4 Å². The molecule has 4 amide bonds. The molecule has 1 aliphatic rings. The van der Waals surface area contributed by atoms with E-state index in [1.807, 2.05) is 27.7 Å². The summed E-state index contributed by atoms with van der Waals surface area (Å²) < 4.78 is 0. The van der Waals surface area contributed by atoms with Gasteiger partial charge in [0.25, 0.3) is 5.91 Å². The fraction of sp³-hybridized carbons (Fsp3) is 0.471. The summed E-state index contributed by atoms with van der Waals surface area (Å²) >= 11 is 11.9. The van der Waals surface area contributed by atoms with E-state index < -0.39 is 11.9 Å². The Labute approximate surface area is 151 Å². The van der Waals surface area contributed by atoms with Crippen LogP contribution in [0.3, 0.4) is 0 Å². The van der Waals surface area contributed by atoms with Gasteiger partial charge in [-0.25, -0.2) is 9.69 Å². The number of amides is 4. The first kappa shape index (κ1) is 18.7. The lowest BCUT2D eigenvalue weighted by Gasteiger charge is -2.31. The van der Waals surface area contributed by atoms with Gasteiger partial charge in [-0.15, -0.1) is 0 Å². The van der Waals surface area contributed by atoms with Crippen molar-refractivity contribution in [3.8, 4) is 0 Å². The Morgan fingerprint density at radius 1 is 1.17 bits per heavy atom. The first-order chi connectivity index (χ1) is 11.1. The predicted molar refractivity (Wildman–Crippen MR) is 94.3 cm³/mol. The maximum absolute atomic E-state index is 12.8. The molecule has 0 bridgehead atoms. The van der Waals surface area contributed by atoms with Gasteiger partial charge in [-0.2, -0.15) is 0 Å². The lowest BCUT2D eigenvalue weighted by Crippen LogP contribution is -2.43. The van der Waals surface area contributed by atoms with Gasteiger partial charge in [0.2, 0.25) is 5.91 Å². The quantitative estimate of drug-likeness (QED) is 0.742. The third-order valence-corrected chi connectivity index (χ3v) is 4.52. The van der Waals surface area contributed by atoms with E-state index >= 15 is 0 Å².